The summed E-state index contributed by atoms with van der Waals surface area (Å²) in [6.45, 7) is 4.43. The second-order valence-electron chi connectivity index (χ2n) is 4.85. The first-order valence-corrected chi connectivity index (χ1v) is 8.45. The molecule has 0 aromatic heterocycles. The van der Waals surface area contributed by atoms with E-state index in [0.717, 1.165) is 22.7 Å². The van der Waals surface area contributed by atoms with Crippen molar-refractivity contribution in [2.24, 2.45) is 5.10 Å². The second kappa shape index (κ2) is 8.87. The number of ether oxygens (including phenoxy) is 1. The van der Waals surface area contributed by atoms with Crippen molar-refractivity contribution in [2.45, 2.75) is 13.8 Å². The number of rotatable bonds is 5. The molecule has 2 rings (SSSR count). The molecule has 7 heteroatoms. The lowest BCUT2D eigenvalue weighted by atomic mass is 10.1. The van der Waals surface area contributed by atoms with Gasteiger partial charge < -0.3 is 10.1 Å². The minimum Gasteiger partial charge on any atom is -0.494 e. The zero-order chi connectivity index (χ0) is 17.5. The van der Waals surface area contributed by atoms with Crippen LogP contribution < -0.4 is 15.5 Å². The van der Waals surface area contributed by atoms with E-state index in [0.29, 0.717) is 21.8 Å². The SMILES string of the molecule is CCOc1ccc(NC(=S)NN=C(C)c2ccc(Cl)c(Cl)c2)cc1. The van der Waals surface area contributed by atoms with Gasteiger partial charge in [-0.25, -0.2) is 0 Å². The van der Waals surface area contributed by atoms with E-state index < -0.39 is 0 Å². The van der Waals surface area contributed by atoms with E-state index >= 15 is 0 Å². The van der Waals surface area contributed by atoms with Crippen molar-refractivity contribution >= 4 is 51.9 Å². The molecule has 24 heavy (non-hydrogen) atoms. The molecule has 126 valence electrons. The highest BCUT2D eigenvalue weighted by Crippen LogP contribution is 2.22. The maximum absolute atomic E-state index is 6.01. The van der Waals surface area contributed by atoms with Crippen LogP contribution in [0.15, 0.2) is 47.6 Å². The summed E-state index contributed by atoms with van der Waals surface area (Å²) in [5.74, 6) is 0.815. The third-order valence-corrected chi connectivity index (χ3v) is 4.02. The zero-order valence-electron chi connectivity index (χ0n) is 13.3. The van der Waals surface area contributed by atoms with E-state index in [1.54, 1.807) is 12.1 Å². The van der Waals surface area contributed by atoms with Crippen LogP contribution in [0.25, 0.3) is 0 Å². The average Bonchev–Trinajstić information content (AvgIpc) is 2.57. The summed E-state index contributed by atoms with van der Waals surface area (Å²) in [5, 5.41) is 8.67. The Balaban J connectivity index is 1.94. The van der Waals surface area contributed by atoms with Gasteiger partial charge in [-0.1, -0.05) is 29.3 Å². The quantitative estimate of drug-likeness (QED) is 0.429. The average molecular weight is 382 g/mol. The predicted molar refractivity (Wildman–Crippen MR) is 106 cm³/mol. The number of anilines is 1. The number of nitrogens with one attached hydrogen (secondary N) is 2. The maximum Gasteiger partial charge on any atom is 0.191 e. The molecule has 0 aliphatic rings. The van der Waals surface area contributed by atoms with Gasteiger partial charge in [0.2, 0.25) is 0 Å². The van der Waals surface area contributed by atoms with Crippen LogP contribution in [-0.2, 0) is 0 Å². The van der Waals surface area contributed by atoms with Gasteiger partial charge in [0.25, 0.3) is 0 Å². The van der Waals surface area contributed by atoms with Crippen molar-refractivity contribution in [1.29, 1.82) is 0 Å². The first-order valence-electron chi connectivity index (χ1n) is 7.29. The van der Waals surface area contributed by atoms with Crippen LogP contribution >= 0.6 is 35.4 Å². The molecule has 0 amide bonds. The number of hydrogen-bond acceptors (Lipinski definition) is 3. The molecule has 0 aliphatic heterocycles. The van der Waals surface area contributed by atoms with E-state index in [9.17, 15) is 0 Å². The molecule has 0 saturated carbocycles. The van der Waals surface area contributed by atoms with Gasteiger partial charge in [0.15, 0.2) is 5.11 Å². The molecule has 2 N–H and O–H groups in total. The molecule has 0 atom stereocenters. The predicted octanol–water partition coefficient (Wildman–Crippen LogP) is 5.10. The van der Waals surface area contributed by atoms with Crippen molar-refractivity contribution in [3.05, 3.63) is 58.1 Å². The number of nitrogens with zero attached hydrogens (tertiary/aromatic N) is 1. The van der Waals surface area contributed by atoms with E-state index in [-0.39, 0.29) is 0 Å². The van der Waals surface area contributed by atoms with Crippen LogP contribution in [0.5, 0.6) is 5.75 Å². The molecular formula is C17H17Cl2N3OS. The molecule has 0 heterocycles. The van der Waals surface area contributed by atoms with Crippen molar-refractivity contribution in [3.8, 4) is 5.75 Å². The third-order valence-electron chi connectivity index (χ3n) is 3.09. The molecule has 0 bridgehead atoms. The van der Waals surface area contributed by atoms with Crippen LogP contribution in [0.3, 0.4) is 0 Å². The molecule has 2 aromatic carbocycles. The van der Waals surface area contributed by atoms with Crippen LogP contribution in [-0.4, -0.2) is 17.4 Å². The summed E-state index contributed by atoms with van der Waals surface area (Å²) in [6, 6.07) is 12.8. The Kier molecular flexibility index (Phi) is 6.85. The molecule has 0 fully saturated rings. The lowest BCUT2D eigenvalue weighted by Crippen LogP contribution is -2.24. The molecule has 0 saturated heterocycles. The molecule has 2 aromatic rings. The Bertz CT molecular complexity index is 748. The fourth-order valence-corrected chi connectivity index (χ4v) is 2.34. The summed E-state index contributed by atoms with van der Waals surface area (Å²) < 4.78 is 5.39. The van der Waals surface area contributed by atoms with Gasteiger partial charge in [-0.3, -0.25) is 5.43 Å². The molecule has 4 nitrogen and oxygen atoms in total. The second-order valence-corrected chi connectivity index (χ2v) is 6.07. The lowest BCUT2D eigenvalue weighted by molar-refractivity contribution is 0.340. The number of hydrogen-bond donors (Lipinski definition) is 2. The standard InChI is InChI=1S/C17H17Cl2N3OS/c1-3-23-14-7-5-13(6-8-14)20-17(24)22-21-11(2)12-4-9-15(18)16(19)10-12/h4-10H,3H2,1-2H3,(H2,20,22,24). The van der Waals surface area contributed by atoms with Crippen molar-refractivity contribution in [3.63, 3.8) is 0 Å². The summed E-state index contributed by atoms with van der Waals surface area (Å²) in [6.07, 6.45) is 0. The van der Waals surface area contributed by atoms with Crippen LogP contribution in [0.4, 0.5) is 5.69 Å². The van der Waals surface area contributed by atoms with Gasteiger partial charge in [-0.2, -0.15) is 5.10 Å². The zero-order valence-corrected chi connectivity index (χ0v) is 15.6. The van der Waals surface area contributed by atoms with Gasteiger partial charge >= 0.3 is 0 Å². The first kappa shape index (κ1) is 18.5. The van der Waals surface area contributed by atoms with Crippen molar-refractivity contribution in [1.82, 2.24) is 5.43 Å². The fourth-order valence-electron chi connectivity index (χ4n) is 1.88. The Morgan fingerprint density at radius 1 is 1.12 bits per heavy atom. The summed E-state index contributed by atoms with van der Waals surface area (Å²) in [4.78, 5) is 0. The molecule has 0 radical (unpaired) electrons. The largest absolute Gasteiger partial charge is 0.494 e. The minimum atomic E-state index is 0.388. The number of hydrazone groups is 1. The Morgan fingerprint density at radius 2 is 1.83 bits per heavy atom. The monoisotopic (exact) mass is 381 g/mol. The summed E-state index contributed by atoms with van der Waals surface area (Å²) >= 11 is 17.1. The summed E-state index contributed by atoms with van der Waals surface area (Å²) in [5.41, 5.74) is 5.25. The number of halogens is 2. The Morgan fingerprint density at radius 3 is 2.46 bits per heavy atom. The highest BCUT2D eigenvalue weighted by Gasteiger charge is 2.03. The number of benzene rings is 2. The van der Waals surface area contributed by atoms with Crippen LogP contribution in [0.1, 0.15) is 19.4 Å². The highest BCUT2D eigenvalue weighted by molar-refractivity contribution is 7.80. The molecule has 0 spiro atoms. The van der Waals surface area contributed by atoms with E-state index in [4.69, 9.17) is 40.2 Å². The molecule has 0 aliphatic carbocycles. The van der Waals surface area contributed by atoms with Gasteiger partial charge in [0, 0.05) is 5.69 Å². The fraction of sp³-hybridized carbons (Fsp3) is 0.176. The first-order chi connectivity index (χ1) is 11.5. The molecule has 0 unspecified atom stereocenters. The third kappa shape index (κ3) is 5.37. The number of thiocarbonyl (C=S) groups is 1. The van der Waals surface area contributed by atoms with E-state index in [1.807, 2.05) is 44.2 Å². The van der Waals surface area contributed by atoms with Crippen molar-refractivity contribution in [2.75, 3.05) is 11.9 Å². The van der Waals surface area contributed by atoms with Gasteiger partial charge in [0.05, 0.1) is 22.4 Å². The topological polar surface area (TPSA) is 45.6 Å². The molecular weight excluding hydrogens is 365 g/mol. The van der Waals surface area contributed by atoms with Crippen molar-refractivity contribution < 1.29 is 4.74 Å². The van der Waals surface area contributed by atoms with Gasteiger partial charge in [-0.15, -0.1) is 0 Å². The highest BCUT2D eigenvalue weighted by atomic mass is 35.5. The minimum absolute atomic E-state index is 0.388. The van der Waals surface area contributed by atoms with Gasteiger partial charge in [-0.05, 0) is 68.0 Å². The van der Waals surface area contributed by atoms with Crippen LogP contribution in [0.2, 0.25) is 10.0 Å². The normalized spacial score (nSPS) is 11.1. The van der Waals surface area contributed by atoms with E-state index in [2.05, 4.69) is 15.8 Å². The lowest BCUT2D eigenvalue weighted by Gasteiger charge is -2.09. The van der Waals surface area contributed by atoms with Gasteiger partial charge in [0.1, 0.15) is 5.75 Å². The van der Waals surface area contributed by atoms with Crippen LogP contribution in [0, 0.1) is 0 Å². The summed E-state index contributed by atoms with van der Waals surface area (Å²) in [7, 11) is 0. The Hall–Kier alpha value is -1.82. The Labute approximate surface area is 156 Å². The maximum atomic E-state index is 6.01. The smallest absolute Gasteiger partial charge is 0.191 e. The van der Waals surface area contributed by atoms with E-state index in [1.165, 1.54) is 0 Å².